The van der Waals surface area contributed by atoms with Crippen LogP contribution < -0.4 is 10.5 Å². The predicted molar refractivity (Wildman–Crippen MR) is 79.9 cm³/mol. The third-order valence-corrected chi connectivity index (χ3v) is 4.15. The van der Waals surface area contributed by atoms with E-state index in [0.717, 1.165) is 5.82 Å². The largest absolute Gasteiger partial charge is 0.349 e. The smallest absolute Gasteiger partial charge is 0.240 e. The number of aromatic nitrogens is 2. The number of aromatic amines is 1. The standard InChI is InChI=1S/C14H16N4O2S/c15-7-2-4-12-3-1-5-13(11-12)21(19,20)18-8-6-14-16-9-10-17-14/h1,3,5,9-11,18H,6-8,15H2,(H,16,17). The number of imidazole rings is 1. The molecule has 7 heteroatoms. The highest BCUT2D eigenvalue weighted by molar-refractivity contribution is 7.89. The van der Waals surface area contributed by atoms with E-state index in [1.807, 2.05) is 0 Å². The van der Waals surface area contributed by atoms with Gasteiger partial charge in [-0.2, -0.15) is 0 Å². The van der Waals surface area contributed by atoms with Crippen molar-refractivity contribution in [2.75, 3.05) is 13.1 Å². The minimum atomic E-state index is -3.55. The molecular weight excluding hydrogens is 288 g/mol. The number of hydrogen-bond acceptors (Lipinski definition) is 4. The normalized spacial score (nSPS) is 10.9. The molecule has 4 N–H and O–H groups in total. The second-order valence-electron chi connectivity index (χ2n) is 4.22. The lowest BCUT2D eigenvalue weighted by Gasteiger charge is -2.06. The molecule has 1 heterocycles. The Morgan fingerprint density at radius 2 is 2.24 bits per heavy atom. The van der Waals surface area contributed by atoms with Gasteiger partial charge in [0.1, 0.15) is 5.82 Å². The highest BCUT2D eigenvalue weighted by atomic mass is 32.2. The number of nitrogens with two attached hydrogens (primary N) is 1. The van der Waals surface area contributed by atoms with Gasteiger partial charge in [0.25, 0.3) is 0 Å². The monoisotopic (exact) mass is 304 g/mol. The molecule has 0 saturated heterocycles. The molecule has 0 fully saturated rings. The molecule has 0 aliphatic rings. The van der Waals surface area contributed by atoms with Crippen molar-refractivity contribution in [3.05, 3.63) is 48.0 Å². The van der Waals surface area contributed by atoms with Crippen molar-refractivity contribution in [2.24, 2.45) is 5.73 Å². The molecule has 0 spiro atoms. The van der Waals surface area contributed by atoms with Crippen LogP contribution in [0.25, 0.3) is 0 Å². The van der Waals surface area contributed by atoms with Crippen LogP contribution in [-0.4, -0.2) is 31.5 Å². The molecule has 6 nitrogen and oxygen atoms in total. The lowest BCUT2D eigenvalue weighted by Crippen LogP contribution is -2.26. The lowest BCUT2D eigenvalue weighted by atomic mass is 10.2. The summed E-state index contributed by atoms with van der Waals surface area (Å²) in [6.07, 6.45) is 3.83. The summed E-state index contributed by atoms with van der Waals surface area (Å²) < 4.78 is 26.9. The Kier molecular flexibility index (Phi) is 5.11. The summed E-state index contributed by atoms with van der Waals surface area (Å²) in [7, 11) is -3.55. The number of nitrogens with one attached hydrogen (secondary N) is 2. The van der Waals surface area contributed by atoms with E-state index in [0.29, 0.717) is 12.0 Å². The second-order valence-corrected chi connectivity index (χ2v) is 5.98. The molecular formula is C14H16N4O2S. The Hall–Kier alpha value is -2.14. The molecule has 0 atom stereocenters. The van der Waals surface area contributed by atoms with Gasteiger partial charge in [-0.05, 0) is 18.2 Å². The predicted octanol–water partition coefficient (Wildman–Crippen LogP) is 0.241. The van der Waals surface area contributed by atoms with Gasteiger partial charge in [-0.3, -0.25) is 0 Å². The molecule has 0 bridgehead atoms. The van der Waals surface area contributed by atoms with Crippen molar-refractivity contribution in [1.29, 1.82) is 0 Å². The molecule has 2 aromatic rings. The molecule has 110 valence electrons. The Morgan fingerprint density at radius 3 is 2.95 bits per heavy atom. The van der Waals surface area contributed by atoms with Crippen LogP contribution in [0.3, 0.4) is 0 Å². The highest BCUT2D eigenvalue weighted by Gasteiger charge is 2.13. The number of hydrogen-bond donors (Lipinski definition) is 3. The topological polar surface area (TPSA) is 101 Å². The van der Waals surface area contributed by atoms with Crippen LogP contribution in [-0.2, 0) is 16.4 Å². The molecule has 21 heavy (non-hydrogen) atoms. The van der Waals surface area contributed by atoms with E-state index in [4.69, 9.17) is 5.73 Å². The van der Waals surface area contributed by atoms with E-state index in [1.54, 1.807) is 24.5 Å². The molecule has 0 aliphatic heterocycles. The summed E-state index contributed by atoms with van der Waals surface area (Å²) in [6, 6.07) is 6.45. The lowest BCUT2D eigenvalue weighted by molar-refractivity contribution is 0.581. The first-order valence-corrected chi connectivity index (χ1v) is 7.87. The summed E-state index contributed by atoms with van der Waals surface area (Å²) in [5.74, 6) is 6.24. The third kappa shape index (κ3) is 4.43. The summed E-state index contributed by atoms with van der Waals surface area (Å²) in [5.41, 5.74) is 5.92. The van der Waals surface area contributed by atoms with Crippen molar-refractivity contribution >= 4 is 10.0 Å². The van der Waals surface area contributed by atoms with Crippen LogP contribution in [0.5, 0.6) is 0 Å². The van der Waals surface area contributed by atoms with Crippen molar-refractivity contribution in [2.45, 2.75) is 11.3 Å². The van der Waals surface area contributed by atoms with Crippen LogP contribution in [0.1, 0.15) is 11.4 Å². The molecule has 0 aliphatic carbocycles. The fourth-order valence-corrected chi connectivity index (χ4v) is 2.79. The van der Waals surface area contributed by atoms with E-state index in [1.165, 1.54) is 12.1 Å². The van der Waals surface area contributed by atoms with Gasteiger partial charge in [0.2, 0.25) is 10.0 Å². The van der Waals surface area contributed by atoms with E-state index in [-0.39, 0.29) is 18.0 Å². The average molecular weight is 304 g/mol. The second kappa shape index (κ2) is 7.04. The molecule has 0 saturated carbocycles. The SMILES string of the molecule is NCC#Cc1cccc(S(=O)(=O)NCCc2ncc[nH]2)c1. The molecule has 0 radical (unpaired) electrons. The Balaban J connectivity index is 2.04. The van der Waals surface area contributed by atoms with E-state index >= 15 is 0 Å². The zero-order chi connectivity index (χ0) is 15.1. The zero-order valence-electron chi connectivity index (χ0n) is 11.3. The summed E-state index contributed by atoms with van der Waals surface area (Å²) in [5, 5.41) is 0. The Labute approximate surface area is 123 Å². The first-order chi connectivity index (χ1) is 10.1. The summed E-state index contributed by atoms with van der Waals surface area (Å²) in [6.45, 7) is 0.507. The van der Waals surface area contributed by atoms with Crippen molar-refractivity contribution < 1.29 is 8.42 Å². The zero-order valence-corrected chi connectivity index (χ0v) is 12.2. The van der Waals surface area contributed by atoms with Crippen LogP contribution in [0.4, 0.5) is 0 Å². The Bertz CT molecular complexity index is 743. The number of H-pyrrole nitrogens is 1. The molecule has 0 amide bonds. The van der Waals surface area contributed by atoms with Gasteiger partial charge in [0.15, 0.2) is 0 Å². The van der Waals surface area contributed by atoms with Gasteiger partial charge in [-0.25, -0.2) is 18.1 Å². The van der Waals surface area contributed by atoms with E-state index in [9.17, 15) is 8.42 Å². The first-order valence-electron chi connectivity index (χ1n) is 6.39. The molecule has 2 rings (SSSR count). The number of sulfonamides is 1. The highest BCUT2D eigenvalue weighted by Crippen LogP contribution is 2.10. The van der Waals surface area contributed by atoms with Gasteiger partial charge < -0.3 is 10.7 Å². The summed E-state index contributed by atoms with van der Waals surface area (Å²) in [4.78, 5) is 7.14. The fraction of sp³-hybridized carbons (Fsp3) is 0.214. The van der Waals surface area contributed by atoms with Crippen molar-refractivity contribution in [3.63, 3.8) is 0 Å². The van der Waals surface area contributed by atoms with Gasteiger partial charge >= 0.3 is 0 Å². The number of benzene rings is 1. The maximum atomic E-state index is 12.2. The van der Waals surface area contributed by atoms with Crippen molar-refractivity contribution in [3.8, 4) is 11.8 Å². The van der Waals surface area contributed by atoms with E-state index < -0.39 is 10.0 Å². The average Bonchev–Trinajstić information content (AvgIpc) is 2.98. The molecule has 0 unspecified atom stereocenters. The number of rotatable bonds is 5. The molecule has 1 aromatic heterocycles. The van der Waals surface area contributed by atoms with Gasteiger partial charge in [0.05, 0.1) is 11.4 Å². The third-order valence-electron chi connectivity index (χ3n) is 2.69. The first kappa shape index (κ1) is 15.3. The van der Waals surface area contributed by atoms with Crippen molar-refractivity contribution in [1.82, 2.24) is 14.7 Å². The Morgan fingerprint density at radius 1 is 1.38 bits per heavy atom. The van der Waals surface area contributed by atoms with Crippen LogP contribution >= 0.6 is 0 Å². The van der Waals surface area contributed by atoms with E-state index in [2.05, 4.69) is 26.5 Å². The van der Waals surface area contributed by atoms with Crippen LogP contribution in [0.15, 0.2) is 41.6 Å². The number of nitrogens with zero attached hydrogens (tertiary/aromatic N) is 1. The molecule has 1 aromatic carbocycles. The quantitative estimate of drug-likeness (QED) is 0.689. The van der Waals surface area contributed by atoms with Crippen LogP contribution in [0.2, 0.25) is 0 Å². The minimum absolute atomic E-state index is 0.186. The maximum absolute atomic E-state index is 12.2. The van der Waals surface area contributed by atoms with Gasteiger partial charge in [-0.15, -0.1) is 0 Å². The fourth-order valence-electron chi connectivity index (χ4n) is 1.72. The van der Waals surface area contributed by atoms with Crippen LogP contribution in [0, 0.1) is 11.8 Å². The summed E-state index contributed by atoms with van der Waals surface area (Å²) >= 11 is 0. The maximum Gasteiger partial charge on any atom is 0.240 e. The van der Waals surface area contributed by atoms with Gasteiger partial charge in [0, 0.05) is 30.9 Å². The minimum Gasteiger partial charge on any atom is -0.349 e. The van der Waals surface area contributed by atoms with Gasteiger partial charge in [-0.1, -0.05) is 17.9 Å².